The molecule has 0 spiro atoms. The van der Waals surface area contributed by atoms with Gasteiger partial charge < -0.3 is 15.4 Å². The highest BCUT2D eigenvalue weighted by Crippen LogP contribution is 2.27. The summed E-state index contributed by atoms with van der Waals surface area (Å²) in [6, 6.07) is 8.06. The molecule has 0 fully saturated rings. The molecular formula is C17H25N3O. The number of nitrogens with one attached hydrogen (secondary N) is 2. The molecule has 0 aliphatic heterocycles. The average Bonchev–Trinajstić information content (AvgIpc) is 2.53. The molecule has 0 bridgehead atoms. The molecule has 0 amide bonds. The third kappa shape index (κ3) is 4.60. The molecule has 21 heavy (non-hydrogen) atoms. The van der Waals surface area contributed by atoms with Gasteiger partial charge in [0.15, 0.2) is 0 Å². The molecule has 0 saturated heterocycles. The molecule has 0 atom stereocenters. The topological polar surface area (TPSA) is 46.2 Å². The van der Waals surface area contributed by atoms with E-state index >= 15 is 0 Å². The van der Waals surface area contributed by atoms with Crippen molar-refractivity contribution in [3.63, 3.8) is 0 Å². The number of ether oxygens (including phenoxy) is 1. The minimum absolute atomic E-state index is 0.868. The van der Waals surface area contributed by atoms with Crippen LogP contribution in [0.4, 0.5) is 5.69 Å². The van der Waals surface area contributed by atoms with Gasteiger partial charge in [-0.25, -0.2) is 0 Å². The summed E-state index contributed by atoms with van der Waals surface area (Å²) in [6.45, 7) is 2.08. The second-order valence-electron chi connectivity index (χ2n) is 5.19. The van der Waals surface area contributed by atoms with E-state index in [0.29, 0.717) is 0 Å². The van der Waals surface area contributed by atoms with Crippen molar-refractivity contribution in [3.05, 3.63) is 30.5 Å². The number of rotatable bonds is 9. The fourth-order valence-corrected chi connectivity index (χ4v) is 2.42. The van der Waals surface area contributed by atoms with Crippen LogP contribution in [0.25, 0.3) is 10.9 Å². The lowest BCUT2D eigenvalue weighted by molar-refractivity contribution is 0.415. The largest absolute Gasteiger partial charge is 0.497 e. The van der Waals surface area contributed by atoms with Gasteiger partial charge in [0, 0.05) is 24.2 Å². The van der Waals surface area contributed by atoms with Crippen LogP contribution in [-0.2, 0) is 0 Å². The molecule has 1 aromatic heterocycles. The second kappa shape index (κ2) is 8.47. The first-order chi connectivity index (χ1) is 10.3. The summed E-state index contributed by atoms with van der Waals surface area (Å²) in [6.07, 6.45) is 6.79. The van der Waals surface area contributed by atoms with Gasteiger partial charge in [0.2, 0.25) is 0 Å². The van der Waals surface area contributed by atoms with Crippen LogP contribution >= 0.6 is 0 Å². The molecular weight excluding hydrogens is 262 g/mol. The van der Waals surface area contributed by atoms with Crippen LogP contribution in [0.3, 0.4) is 0 Å². The number of benzene rings is 1. The summed E-state index contributed by atoms with van der Waals surface area (Å²) < 4.78 is 5.36. The smallest absolute Gasteiger partial charge is 0.121 e. The van der Waals surface area contributed by atoms with Crippen molar-refractivity contribution in [2.75, 3.05) is 32.6 Å². The Bertz CT molecular complexity index is 557. The molecule has 0 radical (unpaired) electrons. The fourth-order valence-electron chi connectivity index (χ4n) is 2.42. The Hall–Kier alpha value is -1.81. The van der Waals surface area contributed by atoms with E-state index in [1.54, 1.807) is 7.11 Å². The van der Waals surface area contributed by atoms with Gasteiger partial charge in [-0.1, -0.05) is 18.9 Å². The van der Waals surface area contributed by atoms with E-state index in [1.165, 1.54) is 25.7 Å². The van der Waals surface area contributed by atoms with Crippen molar-refractivity contribution in [3.8, 4) is 5.75 Å². The monoisotopic (exact) mass is 287 g/mol. The predicted molar refractivity (Wildman–Crippen MR) is 89.2 cm³/mol. The number of hydrogen-bond acceptors (Lipinski definition) is 4. The fraction of sp³-hybridized carbons (Fsp3) is 0.471. The Labute approximate surface area is 126 Å². The van der Waals surface area contributed by atoms with Crippen LogP contribution in [0.1, 0.15) is 25.7 Å². The van der Waals surface area contributed by atoms with Gasteiger partial charge in [0.25, 0.3) is 0 Å². The third-order valence-electron chi connectivity index (χ3n) is 3.58. The molecule has 0 saturated carbocycles. The number of hydrogen-bond donors (Lipinski definition) is 2. The van der Waals surface area contributed by atoms with E-state index in [1.807, 2.05) is 31.4 Å². The molecule has 114 valence electrons. The van der Waals surface area contributed by atoms with Gasteiger partial charge in [0.05, 0.1) is 18.3 Å². The van der Waals surface area contributed by atoms with Crippen LogP contribution in [0.15, 0.2) is 30.5 Å². The molecule has 0 aliphatic carbocycles. The van der Waals surface area contributed by atoms with Crippen LogP contribution < -0.4 is 15.4 Å². The second-order valence-corrected chi connectivity index (χ2v) is 5.19. The highest BCUT2D eigenvalue weighted by atomic mass is 16.5. The predicted octanol–water partition coefficient (Wildman–Crippen LogP) is 3.44. The number of unbranched alkanes of at least 4 members (excludes halogenated alkanes) is 3. The maximum atomic E-state index is 5.36. The zero-order chi connectivity index (χ0) is 14.9. The van der Waals surface area contributed by atoms with Crippen LogP contribution in [0.2, 0.25) is 0 Å². The average molecular weight is 287 g/mol. The first-order valence-electron chi connectivity index (χ1n) is 7.66. The summed E-state index contributed by atoms with van der Waals surface area (Å²) in [5.41, 5.74) is 2.06. The standard InChI is InChI=1S/C17H25N3O/c1-18-9-5-3-4-6-10-19-16-13-15(21-2)12-14-8-7-11-20-17(14)16/h7-8,11-13,18-19H,3-6,9-10H2,1-2H3. The number of pyridine rings is 1. The Morgan fingerprint density at radius 1 is 1.10 bits per heavy atom. The molecule has 2 N–H and O–H groups in total. The molecule has 2 rings (SSSR count). The van der Waals surface area contributed by atoms with E-state index in [0.717, 1.165) is 35.4 Å². The van der Waals surface area contributed by atoms with Gasteiger partial charge in [-0.15, -0.1) is 0 Å². The van der Waals surface area contributed by atoms with Gasteiger partial charge in [-0.2, -0.15) is 0 Å². The number of methoxy groups -OCH3 is 1. The Morgan fingerprint density at radius 2 is 1.90 bits per heavy atom. The van der Waals surface area contributed by atoms with Crippen molar-refractivity contribution in [2.45, 2.75) is 25.7 Å². The van der Waals surface area contributed by atoms with E-state index < -0.39 is 0 Å². The summed E-state index contributed by atoms with van der Waals surface area (Å²) in [5.74, 6) is 0.868. The van der Waals surface area contributed by atoms with Gasteiger partial charge >= 0.3 is 0 Å². The van der Waals surface area contributed by atoms with Crippen LogP contribution in [0.5, 0.6) is 5.75 Å². The highest BCUT2D eigenvalue weighted by Gasteiger charge is 2.05. The molecule has 2 aromatic rings. The van der Waals surface area contributed by atoms with Gasteiger partial charge in [-0.05, 0) is 38.6 Å². The summed E-state index contributed by atoms with van der Waals surface area (Å²) in [7, 11) is 3.70. The maximum Gasteiger partial charge on any atom is 0.121 e. The minimum Gasteiger partial charge on any atom is -0.497 e. The lowest BCUT2D eigenvalue weighted by Gasteiger charge is -2.11. The zero-order valence-corrected chi connectivity index (χ0v) is 13.0. The normalized spacial score (nSPS) is 10.8. The van der Waals surface area contributed by atoms with Crippen molar-refractivity contribution >= 4 is 16.6 Å². The molecule has 4 heteroatoms. The number of anilines is 1. The number of aromatic nitrogens is 1. The lowest BCUT2D eigenvalue weighted by atomic mass is 10.1. The van der Waals surface area contributed by atoms with Crippen LogP contribution in [-0.4, -0.2) is 32.2 Å². The van der Waals surface area contributed by atoms with E-state index in [9.17, 15) is 0 Å². The first-order valence-corrected chi connectivity index (χ1v) is 7.66. The quantitative estimate of drug-likeness (QED) is 0.694. The van der Waals surface area contributed by atoms with Gasteiger partial charge in [-0.3, -0.25) is 4.98 Å². The van der Waals surface area contributed by atoms with Crippen molar-refractivity contribution < 1.29 is 4.74 Å². The summed E-state index contributed by atoms with van der Waals surface area (Å²) in [4.78, 5) is 4.47. The van der Waals surface area contributed by atoms with Crippen LogP contribution in [0, 0.1) is 0 Å². The Balaban J connectivity index is 1.91. The molecule has 1 heterocycles. The molecule has 0 unspecified atom stereocenters. The molecule has 0 aliphatic rings. The zero-order valence-electron chi connectivity index (χ0n) is 13.0. The highest BCUT2D eigenvalue weighted by molar-refractivity contribution is 5.91. The first kappa shape index (κ1) is 15.6. The Kier molecular flexibility index (Phi) is 6.28. The Morgan fingerprint density at radius 3 is 2.67 bits per heavy atom. The lowest BCUT2D eigenvalue weighted by Crippen LogP contribution is -2.07. The van der Waals surface area contributed by atoms with Crippen molar-refractivity contribution in [2.24, 2.45) is 0 Å². The van der Waals surface area contributed by atoms with E-state index in [4.69, 9.17) is 4.74 Å². The molecule has 1 aromatic carbocycles. The maximum absolute atomic E-state index is 5.36. The van der Waals surface area contributed by atoms with Gasteiger partial charge in [0.1, 0.15) is 5.75 Å². The summed E-state index contributed by atoms with van der Waals surface area (Å²) >= 11 is 0. The number of nitrogens with zero attached hydrogens (tertiary/aromatic N) is 1. The third-order valence-corrected chi connectivity index (χ3v) is 3.58. The molecule has 4 nitrogen and oxygen atoms in total. The number of fused-ring (bicyclic) bond motifs is 1. The van der Waals surface area contributed by atoms with Crippen molar-refractivity contribution in [1.29, 1.82) is 0 Å². The van der Waals surface area contributed by atoms with Crippen molar-refractivity contribution in [1.82, 2.24) is 10.3 Å². The van der Waals surface area contributed by atoms with E-state index in [-0.39, 0.29) is 0 Å². The SMILES string of the molecule is CNCCCCCCNc1cc(OC)cc2cccnc12. The van der Waals surface area contributed by atoms with E-state index in [2.05, 4.69) is 21.7 Å². The summed E-state index contributed by atoms with van der Waals surface area (Å²) in [5, 5.41) is 7.78. The minimum atomic E-state index is 0.868.